The van der Waals surface area contributed by atoms with Gasteiger partial charge in [0.2, 0.25) is 0 Å². The van der Waals surface area contributed by atoms with Crippen LogP contribution in [0.4, 0.5) is 17.3 Å². The molecule has 120 valence electrons. The molecule has 6 heteroatoms. The highest BCUT2D eigenvalue weighted by Gasteiger charge is 2.10. The Morgan fingerprint density at radius 3 is 2.42 bits per heavy atom. The lowest BCUT2D eigenvalue weighted by Gasteiger charge is -2.18. The van der Waals surface area contributed by atoms with E-state index < -0.39 is 0 Å². The van der Waals surface area contributed by atoms with Gasteiger partial charge in [0.15, 0.2) is 0 Å². The summed E-state index contributed by atoms with van der Waals surface area (Å²) in [4.78, 5) is 22.6. The van der Waals surface area contributed by atoms with Gasteiger partial charge in [-0.05, 0) is 36.4 Å². The predicted octanol–water partition coefficient (Wildman–Crippen LogP) is 4.15. The van der Waals surface area contributed by atoms with E-state index in [-0.39, 0.29) is 5.91 Å². The number of aromatic nitrogens is 2. The number of rotatable bonds is 4. The fourth-order valence-corrected chi connectivity index (χ4v) is 2.25. The molecule has 2 aromatic heterocycles. The van der Waals surface area contributed by atoms with Crippen molar-refractivity contribution in [2.24, 2.45) is 0 Å². The predicted molar refractivity (Wildman–Crippen MR) is 95.9 cm³/mol. The standard InChI is InChI=1S/C18H15ClN4O/c1-23(15-5-3-2-4-6-15)17-10-7-13(11-21-17)18(24)22-16-9-8-14(19)12-20-16/h2-12H,1H3,(H,20,22,24). The van der Waals surface area contributed by atoms with Gasteiger partial charge in [-0.15, -0.1) is 0 Å². The zero-order chi connectivity index (χ0) is 16.9. The van der Waals surface area contributed by atoms with Crippen molar-refractivity contribution in [2.75, 3.05) is 17.3 Å². The van der Waals surface area contributed by atoms with Gasteiger partial charge < -0.3 is 10.2 Å². The molecule has 0 saturated heterocycles. The number of anilines is 3. The lowest BCUT2D eigenvalue weighted by atomic mass is 10.2. The second kappa shape index (κ2) is 7.10. The van der Waals surface area contributed by atoms with E-state index in [2.05, 4.69) is 15.3 Å². The number of halogens is 1. The molecule has 0 aliphatic carbocycles. The number of nitrogens with one attached hydrogen (secondary N) is 1. The Labute approximate surface area is 144 Å². The monoisotopic (exact) mass is 338 g/mol. The Bertz CT molecular complexity index is 820. The molecule has 0 unspecified atom stereocenters. The van der Waals surface area contributed by atoms with Crippen LogP contribution < -0.4 is 10.2 Å². The largest absolute Gasteiger partial charge is 0.329 e. The highest BCUT2D eigenvalue weighted by molar-refractivity contribution is 6.30. The minimum atomic E-state index is -0.272. The summed E-state index contributed by atoms with van der Waals surface area (Å²) in [5.74, 6) is 0.920. The van der Waals surface area contributed by atoms with E-state index in [0.717, 1.165) is 11.5 Å². The molecule has 1 N–H and O–H groups in total. The first kappa shape index (κ1) is 16.0. The molecular formula is C18H15ClN4O. The van der Waals surface area contributed by atoms with Crippen LogP contribution in [0.15, 0.2) is 67.0 Å². The van der Waals surface area contributed by atoms with Crippen LogP contribution in [0.3, 0.4) is 0 Å². The lowest BCUT2D eigenvalue weighted by Crippen LogP contribution is -2.15. The molecule has 0 atom stereocenters. The number of para-hydroxylation sites is 1. The molecule has 1 aromatic carbocycles. The second-order valence-corrected chi connectivity index (χ2v) is 5.55. The molecule has 0 fully saturated rings. The van der Waals surface area contributed by atoms with Crippen molar-refractivity contribution in [1.82, 2.24) is 9.97 Å². The zero-order valence-corrected chi connectivity index (χ0v) is 13.7. The third kappa shape index (κ3) is 3.70. The molecule has 3 rings (SSSR count). The van der Waals surface area contributed by atoms with Crippen LogP contribution in [0.5, 0.6) is 0 Å². The van der Waals surface area contributed by atoms with Crippen LogP contribution in [-0.2, 0) is 0 Å². The second-order valence-electron chi connectivity index (χ2n) is 5.12. The van der Waals surface area contributed by atoms with Gasteiger partial charge in [-0.3, -0.25) is 4.79 Å². The van der Waals surface area contributed by atoms with Gasteiger partial charge in [-0.1, -0.05) is 29.8 Å². The number of carbonyl (C=O) groups excluding carboxylic acids is 1. The molecule has 0 aliphatic rings. The Hall–Kier alpha value is -2.92. The van der Waals surface area contributed by atoms with Crippen molar-refractivity contribution in [3.05, 3.63) is 77.6 Å². The molecule has 2 heterocycles. The zero-order valence-electron chi connectivity index (χ0n) is 13.0. The van der Waals surface area contributed by atoms with Crippen molar-refractivity contribution in [2.45, 2.75) is 0 Å². The van der Waals surface area contributed by atoms with E-state index >= 15 is 0 Å². The summed E-state index contributed by atoms with van der Waals surface area (Å²) < 4.78 is 0. The number of benzene rings is 1. The Morgan fingerprint density at radius 1 is 1.00 bits per heavy atom. The highest BCUT2D eigenvalue weighted by Crippen LogP contribution is 2.21. The average Bonchev–Trinajstić information content (AvgIpc) is 2.64. The number of nitrogens with zero attached hydrogens (tertiary/aromatic N) is 3. The van der Waals surface area contributed by atoms with Crippen molar-refractivity contribution in [3.63, 3.8) is 0 Å². The fraction of sp³-hybridized carbons (Fsp3) is 0.0556. The summed E-state index contributed by atoms with van der Waals surface area (Å²) in [6, 6.07) is 16.7. The maximum absolute atomic E-state index is 12.2. The maximum atomic E-state index is 12.2. The summed E-state index contributed by atoms with van der Waals surface area (Å²) in [5, 5.41) is 3.22. The number of carbonyl (C=O) groups is 1. The molecule has 0 radical (unpaired) electrons. The van der Waals surface area contributed by atoms with Gasteiger partial charge in [0.25, 0.3) is 5.91 Å². The third-order valence-corrected chi connectivity index (χ3v) is 3.69. The summed E-state index contributed by atoms with van der Waals surface area (Å²) in [5.41, 5.74) is 1.48. The van der Waals surface area contributed by atoms with E-state index in [1.807, 2.05) is 42.3 Å². The molecule has 0 aliphatic heterocycles. The van der Waals surface area contributed by atoms with E-state index in [1.54, 1.807) is 30.5 Å². The van der Waals surface area contributed by atoms with Crippen LogP contribution in [0.1, 0.15) is 10.4 Å². The normalized spacial score (nSPS) is 10.2. The Morgan fingerprint density at radius 2 is 1.79 bits per heavy atom. The third-order valence-electron chi connectivity index (χ3n) is 3.47. The first-order chi connectivity index (χ1) is 11.6. The van der Waals surface area contributed by atoms with Gasteiger partial charge in [-0.2, -0.15) is 0 Å². The summed E-state index contributed by atoms with van der Waals surface area (Å²) >= 11 is 5.77. The first-order valence-corrected chi connectivity index (χ1v) is 7.69. The SMILES string of the molecule is CN(c1ccccc1)c1ccc(C(=O)Nc2ccc(Cl)cn2)cn1. The van der Waals surface area contributed by atoms with Crippen LogP contribution in [-0.4, -0.2) is 22.9 Å². The number of hydrogen-bond donors (Lipinski definition) is 1. The average molecular weight is 339 g/mol. The lowest BCUT2D eigenvalue weighted by molar-refractivity contribution is 0.102. The minimum Gasteiger partial charge on any atom is -0.329 e. The molecule has 24 heavy (non-hydrogen) atoms. The molecule has 0 spiro atoms. The van der Waals surface area contributed by atoms with Gasteiger partial charge >= 0.3 is 0 Å². The number of amides is 1. The van der Waals surface area contributed by atoms with Gasteiger partial charge in [0.1, 0.15) is 11.6 Å². The quantitative estimate of drug-likeness (QED) is 0.776. The summed E-state index contributed by atoms with van der Waals surface area (Å²) in [6.07, 6.45) is 3.02. The van der Waals surface area contributed by atoms with Crippen molar-refractivity contribution < 1.29 is 4.79 Å². The molecule has 0 saturated carbocycles. The molecule has 3 aromatic rings. The van der Waals surface area contributed by atoms with Crippen LogP contribution in [0, 0.1) is 0 Å². The fourth-order valence-electron chi connectivity index (χ4n) is 2.14. The van der Waals surface area contributed by atoms with E-state index in [4.69, 9.17) is 11.6 Å². The number of hydrogen-bond acceptors (Lipinski definition) is 4. The topological polar surface area (TPSA) is 58.1 Å². The van der Waals surface area contributed by atoms with Crippen molar-refractivity contribution >= 4 is 34.8 Å². The Balaban J connectivity index is 1.72. The van der Waals surface area contributed by atoms with Crippen LogP contribution >= 0.6 is 11.6 Å². The minimum absolute atomic E-state index is 0.272. The van der Waals surface area contributed by atoms with E-state index in [1.165, 1.54) is 6.20 Å². The van der Waals surface area contributed by atoms with Crippen LogP contribution in [0.25, 0.3) is 0 Å². The van der Waals surface area contributed by atoms with Crippen molar-refractivity contribution in [1.29, 1.82) is 0 Å². The summed E-state index contributed by atoms with van der Waals surface area (Å²) in [7, 11) is 1.93. The van der Waals surface area contributed by atoms with E-state index in [9.17, 15) is 4.79 Å². The molecular weight excluding hydrogens is 324 g/mol. The maximum Gasteiger partial charge on any atom is 0.258 e. The molecule has 1 amide bonds. The smallest absolute Gasteiger partial charge is 0.258 e. The van der Waals surface area contributed by atoms with Gasteiger partial charge in [0.05, 0.1) is 10.6 Å². The number of pyridine rings is 2. The highest BCUT2D eigenvalue weighted by atomic mass is 35.5. The van der Waals surface area contributed by atoms with Crippen LogP contribution in [0.2, 0.25) is 5.02 Å². The van der Waals surface area contributed by atoms with Crippen molar-refractivity contribution in [3.8, 4) is 0 Å². The molecule has 5 nitrogen and oxygen atoms in total. The summed E-state index contributed by atoms with van der Waals surface area (Å²) in [6.45, 7) is 0. The first-order valence-electron chi connectivity index (χ1n) is 7.31. The van der Waals surface area contributed by atoms with E-state index in [0.29, 0.717) is 16.4 Å². The molecule has 0 bridgehead atoms. The Kier molecular flexibility index (Phi) is 4.72. The van der Waals surface area contributed by atoms with Gasteiger partial charge in [0, 0.05) is 25.1 Å². The van der Waals surface area contributed by atoms with Gasteiger partial charge in [-0.25, -0.2) is 9.97 Å².